The predicted molar refractivity (Wildman–Crippen MR) is 35.8 cm³/mol. The molecule has 0 aliphatic rings. The summed E-state index contributed by atoms with van der Waals surface area (Å²) in [5.41, 5.74) is 0. The van der Waals surface area contributed by atoms with Crippen molar-refractivity contribution in [2.75, 3.05) is 0 Å². The van der Waals surface area contributed by atoms with E-state index >= 15 is 0 Å². The first-order valence-electron chi connectivity index (χ1n) is 2.81. The minimum atomic E-state index is -1.69. The van der Waals surface area contributed by atoms with Crippen LogP contribution in [-0.4, -0.2) is 28.1 Å². The normalized spacial score (nSPS) is 7.50. The van der Waals surface area contributed by atoms with Crippen LogP contribution in [0, 0.1) is 0 Å². The molecule has 0 unspecified atom stereocenters. The molecule has 0 aromatic rings. The molecule has 0 bridgehead atoms. The molecule has 0 saturated carbocycles. The molecule has 12 heavy (non-hydrogen) atoms. The summed E-state index contributed by atoms with van der Waals surface area (Å²) in [5.74, 6) is 0.247. The van der Waals surface area contributed by atoms with Crippen LogP contribution in [0.2, 0.25) is 0 Å². The second kappa shape index (κ2) is 7.48. The van der Waals surface area contributed by atoms with Gasteiger partial charge < -0.3 is 15.1 Å². The lowest BCUT2D eigenvalue weighted by Gasteiger charge is -1.84. The van der Waals surface area contributed by atoms with E-state index in [1.165, 1.54) is 0 Å². The minimum absolute atomic E-state index is 0.222. The summed E-state index contributed by atoms with van der Waals surface area (Å²) in [6, 6.07) is 0. The summed E-state index contributed by atoms with van der Waals surface area (Å²) in [5, 5.41) is 15.3. The first-order chi connectivity index (χ1) is 5.45. The van der Waals surface area contributed by atoms with Gasteiger partial charge in [0.2, 0.25) is 0 Å². The van der Waals surface area contributed by atoms with Gasteiger partial charge in [-0.1, -0.05) is 6.92 Å². The zero-order valence-electron chi connectivity index (χ0n) is 6.31. The van der Waals surface area contributed by atoms with E-state index in [2.05, 4.69) is 10.7 Å². The zero-order valence-corrected chi connectivity index (χ0v) is 6.31. The molecule has 0 aliphatic heterocycles. The van der Waals surface area contributed by atoms with E-state index in [0.717, 1.165) is 0 Å². The van der Waals surface area contributed by atoms with E-state index in [-0.39, 0.29) is 6.42 Å². The molecular formula is C5H9NO6. The van der Waals surface area contributed by atoms with Crippen LogP contribution < -0.4 is 5.90 Å². The van der Waals surface area contributed by atoms with Gasteiger partial charge in [-0.15, -0.1) is 0 Å². The maximum Gasteiger partial charge on any atom is 0.435 e. The molecular weight excluding hydrogens is 170 g/mol. The van der Waals surface area contributed by atoms with E-state index < -0.39 is 17.9 Å². The van der Waals surface area contributed by atoms with Crippen LogP contribution >= 0.6 is 0 Å². The second-order valence-corrected chi connectivity index (χ2v) is 1.46. The number of carbonyl (C=O) groups is 3. The molecule has 0 heterocycles. The molecule has 0 aromatic carbocycles. The maximum absolute atomic E-state index is 9.56. The topological polar surface area (TPSA) is 127 Å². The van der Waals surface area contributed by atoms with Crippen LogP contribution in [0.25, 0.3) is 0 Å². The zero-order chi connectivity index (χ0) is 10.1. The number of carboxylic acids is 2. The fourth-order valence-electron chi connectivity index (χ4n) is 0.0504. The van der Waals surface area contributed by atoms with Crippen molar-refractivity contribution in [3.8, 4) is 0 Å². The SMILES string of the molecule is CCC(=O)O.NOC(=O)C(=O)O. The highest BCUT2D eigenvalue weighted by Crippen LogP contribution is 1.67. The summed E-state index contributed by atoms with van der Waals surface area (Å²) in [6.45, 7) is 1.60. The summed E-state index contributed by atoms with van der Waals surface area (Å²) in [7, 11) is 0. The lowest BCUT2D eigenvalue weighted by atomic mass is 10.5. The van der Waals surface area contributed by atoms with Crippen molar-refractivity contribution in [3.05, 3.63) is 0 Å². The Morgan fingerprint density at radius 1 is 1.33 bits per heavy atom. The molecule has 7 heteroatoms. The minimum Gasteiger partial charge on any atom is -0.481 e. The van der Waals surface area contributed by atoms with Gasteiger partial charge in [0.25, 0.3) is 0 Å². The molecule has 0 fully saturated rings. The first-order valence-corrected chi connectivity index (χ1v) is 2.81. The summed E-state index contributed by atoms with van der Waals surface area (Å²) in [6.07, 6.45) is 0.222. The Kier molecular flexibility index (Phi) is 8.10. The number of aliphatic carboxylic acids is 2. The largest absolute Gasteiger partial charge is 0.481 e. The van der Waals surface area contributed by atoms with Gasteiger partial charge >= 0.3 is 17.9 Å². The smallest absolute Gasteiger partial charge is 0.435 e. The third-order valence-electron chi connectivity index (χ3n) is 0.584. The van der Waals surface area contributed by atoms with Crippen LogP contribution in [0.15, 0.2) is 0 Å². The molecule has 70 valence electrons. The Labute approximate surface area is 67.7 Å². The average Bonchev–Trinajstić information content (AvgIpc) is 2.04. The fourth-order valence-corrected chi connectivity index (χ4v) is 0.0504. The van der Waals surface area contributed by atoms with Crippen LogP contribution in [0.3, 0.4) is 0 Å². The van der Waals surface area contributed by atoms with Gasteiger partial charge in [-0.05, 0) is 0 Å². The third-order valence-corrected chi connectivity index (χ3v) is 0.584. The molecule has 0 saturated heterocycles. The Morgan fingerprint density at radius 3 is 1.67 bits per heavy atom. The second-order valence-electron chi connectivity index (χ2n) is 1.46. The van der Waals surface area contributed by atoms with Gasteiger partial charge in [-0.3, -0.25) is 4.79 Å². The van der Waals surface area contributed by atoms with Crippen LogP contribution in [0.4, 0.5) is 0 Å². The highest BCUT2D eigenvalue weighted by molar-refractivity contribution is 6.28. The van der Waals surface area contributed by atoms with Crippen molar-refractivity contribution in [2.45, 2.75) is 13.3 Å². The molecule has 7 nitrogen and oxygen atoms in total. The first kappa shape index (κ1) is 13.0. The van der Waals surface area contributed by atoms with Crippen LogP contribution in [-0.2, 0) is 19.2 Å². The number of carboxylic acid groups (broad SMARTS) is 2. The van der Waals surface area contributed by atoms with E-state index in [4.69, 9.17) is 10.2 Å². The number of nitrogens with two attached hydrogens (primary N) is 1. The van der Waals surface area contributed by atoms with Gasteiger partial charge in [-0.25, -0.2) is 9.59 Å². The Balaban J connectivity index is 0. The fraction of sp³-hybridized carbons (Fsp3) is 0.400. The molecule has 0 aliphatic carbocycles. The number of carbonyl (C=O) groups excluding carboxylic acids is 1. The average molecular weight is 179 g/mol. The Hall–Kier alpha value is -1.63. The highest BCUT2D eigenvalue weighted by Gasteiger charge is 2.09. The molecule has 0 amide bonds. The predicted octanol–water partition coefficient (Wildman–Crippen LogP) is -1.03. The number of rotatable bonds is 1. The van der Waals surface area contributed by atoms with E-state index in [1.807, 2.05) is 0 Å². The third kappa shape index (κ3) is 11.2. The quantitative estimate of drug-likeness (QED) is 0.346. The Bertz CT molecular complexity index is 177. The van der Waals surface area contributed by atoms with Gasteiger partial charge in [0.15, 0.2) is 0 Å². The van der Waals surface area contributed by atoms with Gasteiger partial charge in [0.1, 0.15) is 0 Å². The molecule has 0 radical (unpaired) electrons. The van der Waals surface area contributed by atoms with E-state index in [1.54, 1.807) is 6.92 Å². The highest BCUT2D eigenvalue weighted by atomic mass is 16.7. The van der Waals surface area contributed by atoms with Crippen LogP contribution in [0.1, 0.15) is 13.3 Å². The lowest BCUT2D eigenvalue weighted by Crippen LogP contribution is -2.19. The standard InChI is InChI=1S/C3H6O2.C2H3NO4/c1-2-3(4)5;3-7-2(6)1(4)5/h2H2,1H3,(H,4,5);3H2,(H,4,5). The van der Waals surface area contributed by atoms with E-state index in [9.17, 15) is 14.4 Å². The molecule has 0 atom stereocenters. The van der Waals surface area contributed by atoms with Gasteiger partial charge in [0.05, 0.1) is 0 Å². The molecule has 0 spiro atoms. The van der Waals surface area contributed by atoms with Crippen molar-refractivity contribution in [3.63, 3.8) is 0 Å². The monoisotopic (exact) mass is 179 g/mol. The van der Waals surface area contributed by atoms with Crippen molar-refractivity contribution in [1.29, 1.82) is 0 Å². The van der Waals surface area contributed by atoms with Crippen molar-refractivity contribution in [1.82, 2.24) is 0 Å². The van der Waals surface area contributed by atoms with Gasteiger partial charge in [-0.2, -0.15) is 5.90 Å². The molecule has 0 rings (SSSR count). The number of hydrogen-bond donors (Lipinski definition) is 3. The van der Waals surface area contributed by atoms with Gasteiger partial charge in [0, 0.05) is 6.42 Å². The summed E-state index contributed by atoms with van der Waals surface area (Å²) >= 11 is 0. The van der Waals surface area contributed by atoms with Crippen molar-refractivity contribution >= 4 is 17.9 Å². The maximum atomic E-state index is 9.56. The lowest BCUT2D eigenvalue weighted by molar-refractivity contribution is -0.164. The number of hydrogen-bond acceptors (Lipinski definition) is 5. The van der Waals surface area contributed by atoms with E-state index in [0.29, 0.717) is 0 Å². The molecule has 0 aromatic heterocycles. The van der Waals surface area contributed by atoms with Crippen molar-refractivity contribution < 1.29 is 29.4 Å². The Morgan fingerprint density at radius 2 is 1.67 bits per heavy atom. The molecule has 4 N–H and O–H groups in total. The summed E-state index contributed by atoms with van der Waals surface area (Å²) < 4.78 is 0. The summed E-state index contributed by atoms with van der Waals surface area (Å²) in [4.78, 5) is 31.6. The van der Waals surface area contributed by atoms with Crippen molar-refractivity contribution in [2.24, 2.45) is 5.90 Å². The van der Waals surface area contributed by atoms with Crippen LogP contribution in [0.5, 0.6) is 0 Å².